The molecule has 0 saturated heterocycles. The number of carbonyl (C=O) groups is 1. The third kappa shape index (κ3) is 6.88. The summed E-state index contributed by atoms with van der Waals surface area (Å²) in [5.74, 6) is 0.295. The van der Waals surface area contributed by atoms with E-state index in [-0.39, 0.29) is 23.4 Å². The van der Waals surface area contributed by atoms with Gasteiger partial charge in [-0.05, 0) is 55.0 Å². The molecule has 0 atom stereocenters. The zero-order chi connectivity index (χ0) is 26.2. The Balaban J connectivity index is 1.59. The van der Waals surface area contributed by atoms with Crippen molar-refractivity contribution in [3.63, 3.8) is 0 Å². The SMILES string of the molecule is CN(CC1CCC(NC(=O)c2cc(C(F)(F)F)cc(C(F)(F)F)c2)CC1)c1noc(C(C)(C)C)n1. The molecule has 1 aliphatic rings. The third-order valence-electron chi connectivity index (χ3n) is 5.96. The number of alkyl halides is 6. The van der Waals surface area contributed by atoms with Crippen molar-refractivity contribution in [1.82, 2.24) is 15.5 Å². The quantitative estimate of drug-likeness (QED) is 0.517. The highest BCUT2D eigenvalue weighted by Gasteiger charge is 2.38. The van der Waals surface area contributed by atoms with Crippen LogP contribution in [0.1, 0.15) is 73.8 Å². The molecular weight excluding hydrogens is 478 g/mol. The van der Waals surface area contributed by atoms with E-state index >= 15 is 0 Å². The van der Waals surface area contributed by atoms with Crippen molar-refractivity contribution in [3.05, 3.63) is 40.8 Å². The first kappa shape index (κ1) is 26.8. The lowest BCUT2D eigenvalue weighted by molar-refractivity contribution is -0.143. The largest absolute Gasteiger partial charge is 0.416 e. The van der Waals surface area contributed by atoms with Gasteiger partial charge in [-0.3, -0.25) is 4.79 Å². The number of halogens is 6. The van der Waals surface area contributed by atoms with Crippen molar-refractivity contribution in [2.45, 2.75) is 70.3 Å². The van der Waals surface area contributed by atoms with Crippen LogP contribution < -0.4 is 10.2 Å². The van der Waals surface area contributed by atoms with Gasteiger partial charge in [-0.1, -0.05) is 20.8 Å². The molecule has 12 heteroatoms. The molecule has 1 N–H and O–H groups in total. The van der Waals surface area contributed by atoms with E-state index in [0.717, 1.165) is 12.8 Å². The molecule has 35 heavy (non-hydrogen) atoms. The molecular formula is C23H28F6N4O2. The van der Waals surface area contributed by atoms with Gasteiger partial charge in [0.2, 0.25) is 5.89 Å². The predicted octanol–water partition coefficient (Wildman–Crippen LogP) is 5.83. The minimum atomic E-state index is -5.01. The van der Waals surface area contributed by atoms with E-state index in [0.29, 0.717) is 43.4 Å². The molecule has 0 radical (unpaired) electrons. The van der Waals surface area contributed by atoms with Gasteiger partial charge in [-0.2, -0.15) is 31.3 Å². The number of benzene rings is 1. The fourth-order valence-electron chi connectivity index (χ4n) is 3.99. The monoisotopic (exact) mass is 506 g/mol. The average molecular weight is 506 g/mol. The van der Waals surface area contributed by atoms with Crippen LogP contribution in [0.5, 0.6) is 0 Å². The summed E-state index contributed by atoms with van der Waals surface area (Å²) in [5, 5.41) is 6.60. The summed E-state index contributed by atoms with van der Waals surface area (Å²) in [6.45, 7) is 6.53. The van der Waals surface area contributed by atoms with Crippen LogP contribution >= 0.6 is 0 Å². The van der Waals surface area contributed by atoms with Crippen molar-refractivity contribution in [2.75, 3.05) is 18.5 Å². The van der Waals surface area contributed by atoms with Crippen LogP contribution in [0, 0.1) is 5.92 Å². The fourth-order valence-corrected chi connectivity index (χ4v) is 3.99. The highest BCUT2D eigenvalue weighted by atomic mass is 19.4. The molecule has 0 unspecified atom stereocenters. The Bertz CT molecular complexity index is 1000. The second-order valence-corrected chi connectivity index (χ2v) is 10.0. The summed E-state index contributed by atoms with van der Waals surface area (Å²) in [7, 11) is 1.84. The Kier molecular flexibility index (Phi) is 7.42. The number of hydrogen-bond acceptors (Lipinski definition) is 5. The van der Waals surface area contributed by atoms with Gasteiger partial charge in [-0.15, -0.1) is 0 Å². The average Bonchev–Trinajstić information content (AvgIpc) is 3.25. The van der Waals surface area contributed by atoms with Gasteiger partial charge in [0.15, 0.2) is 0 Å². The van der Waals surface area contributed by atoms with Gasteiger partial charge in [0.25, 0.3) is 11.9 Å². The number of nitrogens with zero attached hydrogens (tertiary/aromatic N) is 3. The molecule has 1 fully saturated rings. The number of anilines is 1. The van der Waals surface area contributed by atoms with E-state index in [4.69, 9.17) is 4.52 Å². The zero-order valence-electron chi connectivity index (χ0n) is 19.8. The summed E-state index contributed by atoms with van der Waals surface area (Å²) < 4.78 is 83.7. The Morgan fingerprint density at radius 2 is 1.54 bits per heavy atom. The highest BCUT2D eigenvalue weighted by Crippen LogP contribution is 2.36. The van der Waals surface area contributed by atoms with Crippen molar-refractivity contribution >= 4 is 11.9 Å². The molecule has 1 aromatic heterocycles. The maximum absolute atomic E-state index is 13.1. The lowest BCUT2D eigenvalue weighted by atomic mass is 9.85. The second-order valence-electron chi connectivity index (χ2n) is 10.0. The smallest absolute Gasteiger partial charge is 0.349 e. The van der Waals surface area contributed by atoms with E-state index in [9.17, 15) is 31.1 Å². The Morgan fingerprint density at radius 1 is 1.00 bits per heavy atom. The van der Waals surface area contributed by atoms with Gasteiger partial charge >= 0.3 is 12.4 Å². The number of rotatable bonds is 5. The lowest BCUT2D eigenvalue weighted by Crippen LogP contribution is -2.39. The van der Waals surface area contributed by atoms with E-state index < -0.39 is 35.0 Å². The minimum absolute atomic E-state index is 0.00661. The van der Waals surface area contributed by atoms with Gasteiger partial charge in [0.05, 0.1) is 11.1 Å². The van der Waals surface area contributed by atoms with Crippen LogP contribution in [0.4, 0.5) is 32.3 Å². The van der Waals surface area contributed by atoms with E-state index in [2.05, 4.69) is 15.5 Å². The highest BCUT2D eigenvalue weighted by molar-refractivity contribution is 5.94. The molecule has 0 bridgehead atoms. The van der Waals surface area contributed by atoms with Crippen LogP contribution in [0.2, 0.25) is 0 Å². The topological polar surface area (TPSA) is 71.3 Å². The van der Waals surface area contributed by atoms with Crippen molar-refractivity contribution < 1.29 is 35.7 Å². The summed E-state index contributed by atoms with van der Waals surface area (Å²) in [6.07, 6.45) is -7.48. The summed E-state index contributed by atoms with van der Waals surface area (Å²) in [5.41, 5.74) is -3.97. The van der Waals surface area contributed by atoms with Crippen LogP contribution in [-0.2, 0) is 17.8 Å². The molecule has 1 amide bonds. The summed E-state index contributed by atoms with van der Waals surface area (Å²) in [4.78, 5) is 18.8. The first-order valence-corrected chi connectivity index (χ1v) is 11.2. The van der Waals surface area contributed by atoms with Crippen molar-refractivity contribution in [2.24, 2.45) is 5.92 Å². The molecule has 1 aliphatic carbocycles. The van der Waals surface area contributed by atoms with E-state index in [1.54, 1.807) is 0 Å². The summed E-state index contributed by atoms with van der Waals surface area (Å²) in [6, 6.07) is 0.557. The van der Waals surface area contributed by atoms with E-state index in [1.165, 1.54) is 0 Å². The van der Waals surface area contributed by atoms with Crippen LogP contribution in [0.15, 0.2) is 22.7 Å². The summed E-state index contributed by atoms with van der Waals surface area (Å²) >= 11 is 0. The number of nitrogens with one attached hydrogen (secondary N) is 1. The molecule has 0 aliphatic heterocycles. The molecule has 0 spiro atoms. The van der Waals surface area contributed by atoms with Gasteiger partial charge in [-0.25, -0.2) is 0 Å². The predicted molar refractivity (Wildman–Crippen MR) is 116 cm³/mol. The molecule has 1 heterocycles. The molecule has 1 saturated carbocycles. The number of hydrogen-bond donors (Lipinski definition) is 1. The minimum Gasteiger partial charge on any atom is -0.349 e. The third-order valence-corrected chi connectivity index (χ3v) is 5.96. The molecule has 6 nitrogen and oxygen atoms in total. The second kappa shape index (κ2) is 9.69. The van der Waals surface area contributed by atoms with Crippen LogP contribution in [0.3, 0.4) is 0 Å². The van der Waals surface area contributed by atoms with Crippen LogP contribution in [0.25, 0.3) is 0 Å². The number of amides is 1. The van der Waals surface area contributed by atoms with Crippen LogP contribution in [-0.4, -0.2) is 35.7 Å². The lowest BCUT2D eigenvalue weighted by Gasteiger charge is -2.31. The number of carbonyl (C=O) groups excluding carboxylic acids is 1. The van der Waals surface area contributed by atoms with E-state index in [1.807, 2.05) is 32.7 Å². The maximum Gasteiger partial charge on any atom is 0.416 e. The standard InChI is InChI=1S/C23H28F6N4O2/c1-21(2,3)19-31-20(32-35-19)33(4)12-13-5-7-17(8-6-13)30-18(34)14-9-15(22(24,25)26)11-16(10-14)23(27,28)29/h9-11,13,17H,5-8,12H2,1-4H3,(H,30,34). The van der Waals surface area contributed by atoms with Crippen molar-refractivity contribution in [3.8, 4) is 0 Å². The zero-order valence-corrected chi connectivity index (χ0v) is 19.8. The molecule has 1 aromatic carbocycles. The first-order chi connectivity index (χ1) is 16.0. The Labute approximate surface area is 199 Å². The Morgan fingerprint density at radius 3 is 2.00 bits per heavy atom. The maximum atomic E-state index is 13.1. The molecule has 194 valence electrons. The van der Waals surface area contributed by atoms with Gasteiger partial charge < -0.3 is 14.7 Å². The molecule has 3 rings (SSSR count). The Hall–Kier alpha value is -2.79. The first-order valence-electron chi connectivity index (χ1n) is 11.2. The fraction of sp³-hybridized carbons (Fsp3) is 0.609. The van der Waals surface area contributed by atoms with Gasteiger partial charge in [0.1, 0.15) is 0 Å². The van der Waals surface area contributed by atoms with Crippen molar-refractivity contribution in [1.29, 1.82) is 0 Å². The molecule has 2 aromatic rings. The normalized spacial score (nSPS) is 19.5. The number of aromatic nitrogens is 2. The van der Waals surface area contributed by atoms with Gasteiger partial charge in [0, 0.05) is 30.6 Å².